The van der Waals surface area contributed by atoms with E-state index in [1.54, 1.807) is 42.7 Å². The van der Waals surface area contributed by atoms with Crippen molar-refractivity contribution in [3.05, 3.63) is 54.0 Å². The summed E-state index contributed by atoms with van der Waals surface area (Å²) in [6, 6.07) is 8.11. The van der Waals surface area contributed by atoms with Crippen molar-refractivity contribution in [2.45, 2.75) is 24.5 Å². The summed E-state index contributed by atoms with van der Waals surface area (Å²) in [5, 5.41) is 21.2. The number of nitrogens with one attached hydrogen (secondary N) is 1. The molecule has 1 aliphatic heterocycles. The lowest BCUT2D eigenvalue weighted by molar-refractivity contribution is -0.0943. The molecule has 0 bridgehead atoms. The van der Waals surface area contributed by atoms with Gasteiger partial charge >= 0.3 is 6.01 Å². The molecule has 8 nitrogen and oxygen atoms in total. The highest BCUT2D eigenvalue weighted by Crippen LogP contribution is 2.33. The van der Waals surface area contributed by atoms with Crippen molar-refractivity contribution < 1.29 is 19.7 Å². The maximum Gasteiger partial charge on any atom is 0.321 e. The number of aliphatic hydroxyl groups is 2. The van der Waals surface area contributed by atoms with Crippen LogP contribution in [-0.4, -0.2) is 48.0 Å². The zero-order chi connectivity index (χ0) is 19.7. The Bertz CT molecular complexity index is 1030. The number of thioether (sulfide) groups is 1. The van der Waals surface area contributed by atoms with Gasteiger partial charge in [-0.25, -0.2) is 15.0 Å². The van der Waals surface area contributed by atoms with Crippen LogP contribution >= 0.6 is 11.8 Å². The molecule has 1 unspecified atom stereocenters. The number of aromatic nitrogens is 3. The monoisotopic (exact) mass is 398 g/mol. The smallest absolute Gasteiger partial charge is 0.321 e. The van der Waals surface area contributed by atoms with Gasteiger partial charge in [-0.1, -0.05) is 17.8 Å². The van der Waals surface area contributed by atoms with Crippen LogP contribution in [-0.2, 0) is 0 Å². The SMILES string of the molecule is Cc1cnc(Oc2ccc3nc(C(=O)NC4CCSC4(O)O)ccc3c2)nc1. The van der Waals surface area contributed by atoms with E-state index in [1.165, 1.54) is 0 Å². The summed E-state index contributed by atoms with van der Waals surface area (Å²) in [7, 11) is 0. The molecular formula is C19H18N4O4S. The predicted molar refractivity (Wildman–Crippen MR) is 104 cm³/mol. The van der Waals surface area contributed by atoms with E-state index in [-0.39, 0.29) is 11.7 Å². The largest absolute Gasteiger partial charge is 0.424 e. The van der Waals surface area contributed by atoms with Crippen LogP contribution in [0.25, 0.3) is 10.9 Å². The summed E-state index contributed by atoms with van der Waals surface area (Å²) in [4.78, 5) is 25.0. The van der Waals surface area contributed by atoms with Crippen LogP contribution in [0, 0.1) is 6.92 Å². The first-order chi connectivity index (χ1) is 13.4. The Hall–Kier alpha value is -2.75. The highest BCUT2D eigenvalue weighted by atomic mass is 32.2. The van der Waals surface area contributed by atoms with E-state index < -0.39 is 17.1 Å². The molecule has 28 heavy (non-hydrogen) atoms. The number of hydrogen-bond donors (Lipinski definition) is 3. The summed E-state index contributed by atoms with van der Waals surface area (Å²) in [5.74, 6) is 0.676. The van der Waals surface area contributed by atoms with Crippen molar-refractivity contribution in [1.82, 2.24) is 20.3 Å². The Kier molecular flexibility index (Phi) is 4.88. The van der Waals surface area contributed by atoms with E-state index in [1.807, 2.05) is 6.92 Å². The van der Waals surface area contributed by atoms with Gasteiger partial charge in [0.05, 0.1) is 11.6 Å². The lowest BCUT2D eigenvalue weighted by Crippen LogP contribution is -2.47. The van der Waals surface area contributed by atoms with Crippen LogP contribution in [0.4, 0.5) is 0 Å². The van der Waals surface area contributed by atoms with Crippen LogP contribution in [0.1, 0.15) is 22.5 Å². The average Bonchev–Trinajstić information content (AvgIpc) is 3.01. The second-order valence-corrected chi connectivity index (χ2v) is 7.82. The summed E-state index contributed by atoms with van der Waals surface area (Å²) in [6.45, 7) is 1.89. The molecule has 2 aromatic heterocycles. The van der Waals surface area contributed by atoms with Gasteiger partial charge in [0, 0.05) is 23.5 Å². The molecule has 1 aromatic carbocycles. The van der Waals surface area contributed by atoms with E-state index in [4.69, 9.17) is 4.74 Å². The van der Waals surface area contributed by atoms with Crippen molar-refractivity contribution >= 4 is 28.6 Å². The average molecular weight is 398 g/mol. The van der Waals surface area contributed by atoms with Crippen LogP contribution in [0.3, 0.4) is 0 Å². The van der Waals surface area contributed by atoms with E-state index >= 15 is 0 Å². The van der Waals surface area contributed by atoms with Gasteiger partial charge in [-0.2, -0.15) is 0 Å². The minimum Gasteiger partial charge on any atom is -0.424 e. The maximum atomic E-state index is 12.4. The van der Waals surface area contributed by atoms with E-state index in [9.17, 15) is 15.0 Å². The standard InChI is InChI=1S/C19H18N4O4S/c1-11-9-20-18(21-10-11)27-13-3-5-14-12(8-13)2-4-15(22-14)17(24)23-16-6-7-28-19(16,25)26/h2-5,8-10,16,25-26H,6-7H2,1H3,(H,23,24). The normalized spacial score (nSPS) is 18.2. The number of fused-ring (bicyclic) bond motifs is 1. The number of rotatable bonds is 4. The summed E-state index contributed by atoms with van der Waals surface area (Å²) < 4.78 is 5.64. The Balaban J connectivity index is 1.51. The Labute approximate surface area is 165 Å². The molecular weight excluding hydrogens is 380 g/mol. The van der Waals surface area contributed by atoms with E-state index in [2.05, 4.69) is 20.3 Å². The number of aryl methyl sites for hydroxylation is 1. The first-order valence-electron chi connectivity index (χ1n) is 8.67. The molecule has 0 saturated carbocycles. The number of carbonyl (C=O) groups is 1. The molecule has 3 heterocycles. The highest BCUT2D eigenvalue weighted by molar-refractivity contribution is 8.00. The summed E-state index contributed by atoms with van der Waals surface area (Å²) in [6.07, 6.45) is 3.83. The van der Waals surface area contributed by atoms with Crippen LogP contribution in [0.15, 0.2) is 42.7 Å². The number of carbonyl (C=O) groups excluding carboxylic acids is 1. The van der Waals surface area contributed by atoms with Gasteiger partial charge in [-0.3, -0.25) is 4.79 Å². The Morgan fingerprint density at radius 2 is 2.04 bits per heavy atom. The van der Waals surface area contributed by atoms with E-state index in [0.29, 0.717) is 23.4 Å². The molecule has 0 aliphatic carbocycles. The third-order valence-electron chi connectivity index (χ3n) is 4.34. The second kappa shape index (κ2) is 7.34. The van der Waals surface area contributed by atoms with Gasteiger partial charge in [0.2, 0.25) is 5.12 Å². The fraction of sp³-hybridized carbons (Fsp3) is 0.263. The number of nitrogens with zero attached hydrogens (tertiary/aromatic N) is 3. The number of hydrogen-bond acceptors (Lipinski definition) is 8. The van der Waals surface area contributed by atoms with Gasteiger partial charge in [-0.15, -0.1) is 0 Å². The van der Waals surface area contributed by atoms with Crippen molar-refractivity contribution in [2.75, 3.05) is 5.75 Å². The van der Waals surface area contributed by atoms with Gasteiger partial charge < -0.3 is 20.3 Å². The van der Waals surface area contributed by atoms with Gasteiger partial charge in [0.1, 0.15) is 11.4 Å². The first kappa shape index (κ1) is 18.6. The molecule has 3 aromatic rings. The number of ether oxygens (including phenoxy) is 1. The molecule has 1 atom stereocenters. The number of benzene rings is 1. The number of amides is 1. The molecule has 144 valence electrons. The lowest BCUT2D eigenvalue weighted by atomic mass is 10.1. The molecule has 4 rings (SSSR count). The molecule has 1 fully saturated rings. The molecule has 1 amide bonds. The lowest BCUT2D eigenvalue weighted by Gasteiger charge is -2.23. The second-order valence-electron chi connectivity index (χ2n) is 6.52. The van der Waals surface area contributed by atoms with Gasteiger partial charge in [0.15, 0.2) is 0 Å². The van der Waals surface area contributed by atoms with E-state index in [0.717, 1.165) is 22.7 Å². The topological polar surface area (TPSA) is 117 Å². The van der Waals surface area contributed by atoms with Crippen molar-refractivity contribution in [3.63, 3.8) is 0 Å². The minimum absolute atomic E-state index is 0.204. The fourth-order valence-electron chi connectivity index (χ4n) is 2.85. The number of pyridine rings is 1. The highest BCUT2D eigenvalue weighted by Gasteiger charge is 2.41. The molecule has 1 saturated heterocycles. The zero-order valence-corrected chi connectivity index (χ0v) is 15.8. The Morgan fingerprint density at radius 1 is 1.25 bits per heavy atom. The molecule has 1 aliphatic rings. The Morgan fingerprint density at radius 3 is 2.75 bits per heavy atom. The third-order valence-corrected chi connectivity index (χ3v) is 5.49. The first-order valence-corrected chi connectivity index (χ1v) is 9.66. The fourth-order valence-corrected chi connectivity index (χ4v) is 3.88. The van der Waals surface area contributed by atoms with Crippen molar-refractivity contribution in [3.8, 4) is 11.8 Å². The van der Waals surface area contributed by atoms with Gasteiger partial charge in [0.25, 0.3) is 5.91 Å². The zero-order valence-electron chi connectivity index (χ0n) is 15.0. The van der Waals surface area contributed by atoms with Crippen LogP contribution in [0.2, 0.25) is 0 Å². The van der Waals surface area contributed by atoms with Crippen molar-refractivity contribution in [1.29, 1.82) is 0 Å². The molecule has 9 heteroatoms. The molecule has 0 radical (unpaired) electrons. The summed E-state index contributed by atoms with van der Waals surface area (Å²) >= 11 is 1.00. The van der Waals surface area contributed by atoms with Gasteiger partial charge in [-0.05, 0) is 43.2 Å². The van der Waals surface area contributed by atoms with Crippen molar-refractivity contribution in [2.24, 2.45) is 0 Å². The maximum absolute atomic E-state index is 12.4. The third kappa shape index (κ3) is 3.91. The minimum atomic E-state index is -1.95. The molecule has 0 spiro atoms. The van der Waals surface area contributed by atoms with Crippen LogP contribution < -0.4 is 10.1 Å². The summed E-state index contributed by atoms with van der Waals surface area (Å²) in [5.41, 5.74) is 1.76. The molecule has 3 N–H and O–H groups in total. The predicted octanol–water partition coefficient (Wildman–Crippen LogP) is 2.00. The quantitative estimate of drug-likeness (QED) is 0.571. The van der Waals surface area contributed by atoms with Crippen LogP contribution in [0.5, 0.6) is 11.8 Å².